The van der Waals surface area contributed by atoms with Crippen LogP contribution in [0.25, 0.3) is 55.9 Å². The first kappa shape index (κ1) is 36.4. The van der Waals surface area contributed by atoms with Crippen LogP contribution < -0.4 is 9.55 Å². The van der Waals surface area contributed by atoms with Crippen molar-refractivity contribution < 1.29 is 37.8 Å². The van der Waals surface area contributed by atoms with Crippen LogP contribution in [0.5, 0.6) is 11.5 Å². The average Bonchev–Trinajstić information content (AvgIpc) is 3.98. The standard InChI is InChI=1S/C61H61BN6O.Pt/c1-41(2)39-62-67(57-35-44(31-32-63-57)59(3,4)5)54-37-48(29-30-49(54)55-38-56(61(9,10)11)64-68(55)62)69-47-26-20-25-46(36-47)65-40-66(53-28-19-18-27-52(53)65)58-50(42-21-14-12-15-22-42)33-45(60(6,7)8)34-51(58)43-23-16-13-17-24-43;/h12-35,38,41H,39H2,1-11H3;/q-2;/i12D,13D,14D,15D,16D,17D,21D,22D,23D,24D;. The number of aromatic nitrogens is 5. The molecule has 1 aliphatic rings. The Labute approximate surface area is 439 Å². The Morgan fingerprint density at radius 3 is 1.87 bits per heavy atom. The number of pyridine rings is 1. The number of fused-ring (bicyclic) bond motifs is 4. The van der Waals surface area contributed by atoms with Gasteiger partial charge in [0.1, 0.15) is 0 Å². The van der Waals surface area contributed by atoms with Gasteiger partial charge < -0.3 is 0 Å². The van der Waals surface area contributed by atoms with Gasteiger partial charge in [-0.2, -0.15) is 5.10 Å². The van der Waals surface area contributed by atoms with E-state index in [4.69, 9.17) is 23.0 Å². The molecule has 0 atom stereocenters. The molecule has 1 aliphatic heterocycles. The third kappa shape index (κ3) is 8.85. The number of rotatable bonds is 9. The second kappa shape index (κ2) is 18.0. The molecule has 4 heterocycles. The van der Waals surface area contributed by atoms with Crippen LogP contribution in [0.15, 0.2) is 152 Å². The van der Waals surface area contributed by atoms with Gasteiger partial charge in [0.15, 0.2) is 0 Å². The van der Waals surface area contributed by atoms with E-state index in [1.807, 2.05) is 90.7 Å². The summed E-state index contributed by atoms with van der Waals surface area (Å²) >= 11 is 2.18. The normalized spacial score (nSPS) is 15.0. The summed E-state index contributed by atoms with van der Waals surface area (Å²) in [7, 11) is 0. The van der Waals surface area contributed by atoms with E-state index in [0.29, 0.717) is 43.5 Å². The van der Waals surface area contributed by atoms with Gasteiger partial charge in [-0.15, -0.1) is 0 Å². The summed E-state index contributed by atoms with van der Waals surface area (Å²) in [5.41, 5.74) is 6.71. The summed E-state index contributed by atoms with van der Waals surface area (Å²) in [6.07, 6.45) is 2.64. The quantitative estimate of drug-likeness (QED) is 0.107. The first-order valence-electron chi connectivity index (χ1n) is 28.6. The van der Waals surface area contributed by atoms with Gasteiger partial charge in [0.25, 0.3) is 0 Å². The number of benzene rings is 6. The molecule has 3 aromatic heterocycles. The molecule has 70 heavy (non-hydrogen) atoms. The number of para-hydroxylation sites is 2. The van der Waals surface area contributed by atoms with Crippen LogP contribution in [0.3, 0.4) is 0 Å². The molecule has 9 aromatic rings. The van der Waals surface area contributed by atoms with E-state index in [0.717, 1.165) is 40.3 Å². The van der Waals surface area contributed by atoms with Crippen molar-refractivity contribution in [3.05, 3.63) is 184 Å². The van der Waals surface area contributed by atoms with E-state index in [9.17, 15) is 5.48 Å². The van der Waals surface area contributed by atoms with Crippen LogP contribution in [0.1, 0.15) is 107 Å². The maximum atomic E-state index is 9.34. The van der Waals surface area contributed by atoms with Crippen molar-refractivity contribution in [1.82, 2.24) is 23.8 Å². The Kier molecular flexibility index (Phi) is 9.39. The summed E-state index contributed by atoms with van der Waals surface area (Å²) in [5, 5.41) is 5.29. The third-order valence-corrected chi connectivity index (χ3v) is 13.7. The Balaban J connectivity index is 1.19. The topological polar surface area (TPSA) is 53.0 Å². The fraction of sp³-hybridized carbons (Fsp3) is 0.262. The average molecular weight is 1110 g/mol. The van der Waals surface area contributed by atoms with Gasteiger partial charge in [-0.05, 0) is 23.0 Å². The molecule has 0 amide bonds. The van der Waals surface area contributed by atoms with Crippen LogP contribution in [0.4, 0.5) is 11.5 Å². The van der Waals surface area contributed by atoms with Crippen LogP contribution >= 0.6 is 0 Å². The van der Waals surface area contributed by atoms with Crippen molar-refractivity contribution >= 4 is 29.5 Å². The minimum atomic E-state index is -0.639. The molecule has 0 unspecified atom stereocenters. The van der Waals surface area contributed by atoms with Gasteiger partial charge in [-0.1, -0.05) is 55.4 Å². The zero-order chi connectivity index (χ0) is 58.0. The second-order valence-corrected chi connectivity index (χ2v) is 22.4. The molecule has 356 valence electrons. The molecule has 0 fully saturated rings. The Morgan fingerprint density at radius 1 is 0.657 bits per heavy atom. The number of hydrogen-bond acceptors (Lipinski definition) is 4. The first-order chi connectivity index (χ1) is 37.5. The Hall–Kier alpha value is -6.50. The molecule has 7 nitrogen and oxygen atoms in total. The molecule has 0 saturated carbocycles. The Bertz CT molecular complexity index is 3930. The van der Waals surface area contributed by atoms with Gasteiger partial charge in [0.2, 0.25) is 0 Å². The fourth-order valence-corrected chi connectivity index (χ4v) is 10.1. The van der Waals surface area contributed by atoms with Gasteiger partial charge >= 0.3 is 341 Å². The van der Waals surface area contributed by atoms with Crippen molar-refractivity contribution in [2.45, 2.75) is 98.7 Å². The first-order valence-corrected chi connectivity index (χ1v) is 24.8. The zero-order valence-corrected chi connectivity index (χ0v) is 43.7. The molecule has 6 aromatic carbocycles. The van der Waals surface area contributed by atoms with Crippen molar-refractivity contribution in [2.24, 2.45) is 5.92 Å². The molecule has 0 saturated heterocycles. The molecule has 9 heteroatoms. The van der Waals surface area contributed by atoms with Crippen molar-refractivity contribution in [2.75, 3.05) is 4.81 Å². The summed E-state index contributed by atoms with van der Waals surface area (Å²) < 4.78 is 103. The number of hydrogen-bond donors (Lipinski definition) is 0. The molecule has 10 rings (SSSR count). The van der Waals surface area contributed by atoms with Gasteiger partial charge in [0, 0.05) is 11.6 Å². The summed E-state index contributed by atoms with van der Waals surface area (Å²) in [6.45, 7) is 23.1. The predicted octanol–water partition coefficient (Wildman–Crippen LogP) is 15.5. The number of ether oxygens (including phenoxy) is 1. The number of nitrogens with zero attached hydrogens (tertiary/aromatic N) is 6. The van der Waals surface area contributed by atoms with E-state index in [1.165, 1.54) is 0 Å². The Morgan fingerprint density at radius 2 is 1.27 bits per heavy atom. The van der Waals surface area contributed by atoms with Crippen LogP contribution in [0.2, 0.25) is 6.32 Å². The molecular weight excluding hydrogens is 1040 g/mol. The molecular formula is C61H61BN6OPt-2. The van der Waals surface area contributed by atoms with E-state index >= 15 is 0 Å². The van der Waals surface area contributed by atoms with Gasteiger partial charge in [0.05, 0.1) is 5.69 Å². The molecule has 0 bridgehead atoms. The summed E-state index contributed by atoms with van der Waals surface area (Å²) in [6, 6.07) is 29.1. The van der Waals surface area contributed by atoms with E-state index in [1.54, 1.807) is 12.1 Å². The van der Waals surface area contributed by atoms with Crippen LogP contribution in [0, 0.1) is 21.9 Å². The van der Waals surface area contributed by atoms with Crippen LogP contribution in [-0.2, 0) is 35.6 Å². The van der Waals surface area contributed by atoms with E-state index in [-0.39, 0.29) is 45.8 Å². The third-order valence-electron chi connectivity index (χ3n) is 12.7. The summed E-state index contributed by atoms with van der Waals surface area (Å²) in [5.74, 6) is 1.88. The summed E-state index contributed by atoms with van der Waals surface area (Å²) in [4.78, 5) is 7.24. The fourth-order valence-electron chi connectivity index (χ4n) is 9.04. The minimum absolute atomic E-state index is 0.111. The number of imidazole rings is 1. The zero-order valence-electron chi connectivity index (χ0n) is 51.4. The molecule has 0 aliphatic carbocycles. The van der Waals surface area contributed by atoms with E-state index < -0.39 is 65.8 Å². The maximum absolute atomic E-state index is 9.34. The van der Waals surface area contributed by atoms with Crippen molar-refractivity contribution in [1.29, 1.82) is 0 Å². The molecule has 0 spiro atoms. The van der Waals surface area contributed by atoms with Gasteiger partial charge in [-0.25, -0.2) is 0 Å². The second-order valence-electron chi connectivity index (χ2n) is 21.4. The number of anilines is 2. The van der Waals surface area contributed by atoms with Crippen molar-refractivity contribution in [3.8, 4) is 56.4 Å². The van der Waals surface area contributed by atoms with E-state index in [2.05, 4.69) is 114 Å². The SMILES string of the molecule is [2H]c1c([2H])c([2H])c(-c2cc(C(C)(C)C)cc(-c3c([2H])c([2H])c([2H])c([2H])c3[2H])c2-n2[c](=[Pt])n(-c3[c-]c(Oc4[c-]c5c(cc4)-c4cc(C(C)(C)C)nn4B(CC(C)C)N5c4cc(C(C)(C)C)ccn4)ccc3)c3ccccc32)c([2H])c1[2H]. The van der Waals surface area contributed by atoms with Gasteiger partial charge in [-0.3, -0.25) is 0 Å². The predicted molar refractivity (Wildman–Crippen MR) is 285 cm³/mol. The monoisotopic (exact) mass is 1110 g/mol. The van der Waals surface area contributed by atoms with Crippen LogP contribution in [-0.4, -0.2) is 30.8 Å². The van der Waals surface area contributed by atoms with Crippen molar-refractivity contribution in [3.63, 3.8) is 0 Å². The molecule has 0 N–H and O–H groups in total. The molecule has 0 radical (unpaired) electrons.